The van der Waals surface area contributed by atoms with Crippen LogP contribution in [0.3, 0.4) is 0 Å². The van der Waals surface area contributed by atoms with Crippen LogP contribution >= 0.6 is 0 Å². The maximum absolute atomic E-state index is 10.7. The van der Waals surface area contributed by atoms with Gasteiger partial charge in [-0.3, -0.25) is 15.4 Å². The van der Waals surface area contributed by atoms with Crippen molar-refractivity contribution in [3.05, 3.63) is 34.4 Å². The molecule has 0 heterocycles. The Bertz CT molecular complexity index is 525. The molecule has 0 aromatic heterocycles. The van der Waals surface area contributed by atoms with Crippen molar-refractivity contribution in [2.45, 2.75) is 45.2 Å². The van der Waals surface area contributed by atoms with Gasteiger partial charge in [0.1, 0.15) is 11.3 Å². The van der Waals surface area contributed by atoms with Crippen LogP contribution in [0.5, 0.6) is 5.75 Å². The zero-order chi connectivity index (χ0) is 15.9. The van der Waals surface area contributed by atoms with Crippen LogP contribution in [0.15, 0.2) is 24.3 Å². The SMILES string of the molecule is CC(C)NC(C)(C#N)CCCOc1cccc([N+](=O)[O-])c1. The van der Waals surface area contributed by atoms with Gasteiger partial charge in [0.15, 0.2) is 0 Å². The van der Waals surface area contributed by atoms with Crippen LogP contribution in [-0.2, 0) is 0 Å². The number of nitriles is 1. The highest BCUT2D eigenvalue weighted by molar-refractivity contribution is 5.37. The van der Waals surface area contributed by atoms with Crippen LogP contribution in [0.4, 0.5) is 5.69 Å². The summed E-state index contributed by atoms with van der Waals surface area (Å²) < 4.78 is 5.50. The molecule has 0 aliphatic rings. The predicted octanol–water partition coefficient (Wildman–Crippen LogP) is 3.03. The van der Waals surface area contributed by atoms with Gasteiger partial charge in [0.2, 0.25) is 0 Å². The van der Waals surface area contributed by atoms with Gasteiger partial charge in [-0.1, -0.05) is 6.07 Å². The summed E-state index contributed by atoms with van der Waals surface area (Å²) in [6, 6.07) is 8.60. The molecule has 1 aromatic rings. The van der Waals surface area contributed by atoms with Crippen molar-refractivity contribution in [3.63, 3.8) is 0 Å². The molecule has 0 bridgehead atoms. The van der Waals surface area contributed by atoms with Crippen molar-refractivity contribution < 1.29 is 9.66 Å². The van der Waals surface area contributed by atoms with E-state index in [4.69, 9.17) is 4.74 Å². The van der Waals surface area contributed by atoms with E-state index < -0.39 is 10.5 Å². The summed E-state index contributed by atoms with van der Waals surface area (Å²) in [6.07, 6.45) is 1.34. The second-order valence-corrected chi connectivity index (χ2v) is 5.45. The number of nitro benzene ring substituents is 1. The number of benzene rings is 1. The number of non-ortho nitro benzene ring substituents is 1. The van der Waals surface area contributed by atoms with Crippen LogP contribution in [-0.4, -0.2) is 23.1 Å². The van der Waals surface area contributed by atoms with E-state index in [1.807, 2.05) is 20.8 Å². The number of nitrogens with one attached hydrogen (secondary N) is 1. The van der Waals surface area contributed by atoms with Crippen LogP contribution in [0.2, 0.25) is 0 Å². The summed E-state index contributed by atoms with van der Waals surface area (Å²) in [5.41, 5.74) is -0.573. The zero-order valence-electron chi connectivity index (χ0n) is 12.6. The normalized spacial score (nSPS) is 13.5. The molecular formula is C15H21N3O3. The van der Waals surface area contributed by atoms with E-state index >= 15 is 0 Å². The molecule has 0 amide bonds. The summed E-state index contributed by atoms with van der Waals surface area (Å²) in [4.78, 5) is 10.2. The molecule has 1 aromatic carbocycles. The quantitative estimate of drug-likeness (QED) is 0.452. The van der Waals surface area contributed by atoms with Gasteiger partial charge < -0.3 is 4.74 Å². The third kappa shape index (κ3) is 5.79. The third-order valence-electron chi connectivity index (χ3n) is 2.97. The lowest BCUT2D eigenvalue weighted by Crippen LogP contribution is -2.45. The molecule has 0 fully saturated rings. The van der Waals surface area contributed by atoms with Gasteiger partial charge in [-0.25, -0.2) is 0 Å². The van der Waals surface area contributed by atoms with E-state index in [0.29, 0.717) is 25.2 Å². The average molecular weight is 291 g/mol. The Morgan fingerprint density at radius 3 is 2.81 bits per heavy atom. The number of rotatable bonds is 8. The van der Waals surface area contributed by atoms with Crippen LogP contribution in [0, 0.1) is 21.4 Å². The van der Waals surface area contributed by atoms with E-state index in [2.05, 4.69) is 11.4 Å². The minimum absolute atomic E-state index is 0.0100. The van der Waals surface area contributed by atoms with Crippen LogP contribution in [0.1, 0.15) is 33.6 Å². The van der Waals surface area contributed by atoms with Crippen molar-refractivity contribution in [2.24, 2.45) is 0 Å². The third-order valence-corrected chi connectivity index (χ3v) is 2.97. The van der Waals surface area contributed by atoms with E-state index in [0.717, 1.165) is 0 Å². The van der Waals surface area contributed by atoms with Gasteiger partial charge in [0.25, 0.3) is 5.69 Å². The molecule has 0 spiro atoms. The highest BCUT2D eigenvalue weighted by atomic mass is 16.6. The second kappa shape index (κ2) is 7.60. The highest BCUT2D eigenvalue weighted by Crippen LogP contribution is 2.20. The Morgan fingerprint density at radius 2 is 2.24 bits per heavy atom. The molecule has 0 aliphatic heterocycles. The second-order valence-electron chi connectivity index (χ2n) is 5.45. The van der Waals surface area contributed by atoms with Crippen molar-refractivity contribution in [1.82, 2.24) is 5.32 Å². The molecule has 0 saturated heterocycles. The van der Waals surface area contributed by atoms with Crippen molar-refractivity contribution in [1.29, 1.82) is 5.26 Å². The molecule has 6 nitrogen and oxygen atoms in total. The summed E-state index contributed by atoms with van der Waals surface area (Å²) in [6.45, 7) is 6.27. The van der Waals surface area contributed by atoms with E-state index in [1.165, 1.54) is 12.1 Å². The minimum atomic E-state index is -0.583. The average Bonchev–Trinajstić information content (AvgIpc) is 2.43. The first kappa shape index (κ1) is 16.9. The number of ether oxygens (including phenoxy) is 1. The van der Waals surface area contributed by atoms with Gasteiger partial charge in [-0.15, -0.1) is 0 Å². The molecule has 1 unspecified atom stereocenters. The lowest BCUT2D eigenvalue weighted by molar-refractivity contribution is -0.384. The zero-order valence-corrected chi connectivity index (χ0v) is 12.6. The topological polar surface area (TPSA) is 88.2 Å². The van der Waals surface area contributed by atoms with Gasteiger partial charge >= 0.3 is 0 Å². The fraction of sp³-hybridized carbons (Fsp3) is 0.533. The van der Waals surface area contributed by atoms with Crippen LogP contribution < -0.4 is 10.1 Å². The Morgan fingerprint density at radius 1 is 1.52 bits per heavy atom. The lowest BCUT2D eigenvalue weighted by Gasteiger charge is -2.25. The molecule has 1 atom stereocenters. The van der Waals surface area contributed by atoms with E-state index in [1.54, 1.807) is 12.1 Å². The molecule has 0 aliphatic carbocycles. The number of hydrogen-bond donors (Lipinski definition) is 1. The Balaban J connectivity index is 2.45. The standard InChI is InChI=1S/C15H21N3O3/c1-12(2)17-15(3,11-16)8-5-9-21-14-7-4-6-13(10-14)18(19)20/h4,6-7,10,12,17H,5,8-9H2,1-3H3. The number of nitrogens with zero attached hydrogens (tertiary/aromatic N) is 2. The molecular weight excluding hydrogens is 270 g/mol. The van der Waals surface area contributed by atoms with Crippen molar-refractivity contribution in [2.75, 3.05) is 6.61 Å². The monoisotopic (exact) mass is 291 g/mol. The first-order chi connectivity index (χ1) is 9.86. The maximum Gasteiger partial charge on any atom is 0.273 e. The molecule has 6 heteroatoms. The minimum Gasteiger partial charge on any atom is -0.493 e. The molecule has 21 heavy (non-hydrogen) atoms. The molecule has 1 N–H and O–H groups in total. The first-order valence-corrected chi connectivity index (χ1v) is 6.92. The Kier molecular flexibility index (Phi) is 6.12. The fourth-order valence-electron chi connectivity index (χ4n) is 2.10. The van der Waals surface area contributed by atoms with Gasteiger partial charge in [0.05, 0.1) is 23.7 Å². The smallest absolute Gasteiger partial charge is 0.273 e. The molecule has 114 valence electrons. The summed E-state index contributed by atoms with van der Waals surface area (Å²) in [5.74, 6) is 0.472. The lowest BCUT2D eigenvalue weighted by atomic mass is 9.97. The van der Waals surface area contributed by atoms with Gasteiger partial charge in [0, 0.05) is 12.1 Å². The maximum atomic E-state index is 10.7. The summed E-state index contributed by atoms with van der Waals surface area (Å²) in [7, 11) is 0. The predicted molar refractivity (Wildman–Crippen MR) is 80.1 cm³/mol. The first-order valence-electron chi connectivity index (χ1n) is 6.92. The van der Waals surface area contributed by atoms with Gasteiger partial charge in [-0.2, -0.15) is 5.26 Å². The fourth-order valence-corrected chi connectivity index (χ4v) is 2.10. The largest absolute Gasteiger partial charge is 0.493 e. The molecule has 0 saturated carbocycles. The number of nitro groups is 1. The van der Waals surface area contributed by atoms with Crippen molar-refractivity contribution in [3.8, 4) is 11.8 Å². The van der Waals surface area contributed by atoms with E-state index in [-0.39, 0.29) is 11.7 Å². The van der Waals surface area contributed by atoms with Crippen LogP contribution in [0.25, 0.3) is 0 Å². The Labute approximate surface area is 124 Å². The Hall–Kier alpha value is -2.13. The van der Waals surface area contributed by atoms with Crippen molar-refractivity contribution >= 4 is 5.69 Å². The van der Waals surface area contributed by atoms with Gasteiger partial charge in [-0.05, 0) is 39.7 Å². The molecule has 0 radical (unpaired) electrons. The summed E-state index contributed by atoms with van der Waals surface area (Å²) in [5, 5.41) is 23.1. The molecule has 1 rings (SSSR count). The summed E-state index contributed by atoms with van der Waals surface area (Å²) >= 11 is 0. The number of hydrogen-bond acceptors (Lipinski definition) is 5. The highest BCUT2D eigenvalue weighted by Gasteiger charge is 2.23. The van der Waals surface area contributed by atoms with E-state index in [9.17, 15) is 15.4 Å².